The normalized spacial score (nSPS) is 15.8. The number of ether oxygens (including phenoxy) is 3. The fraction of sp³-hybridized carbons (Fsp3) is 0.500. The minimum absolute atomic E-state index is 0.154. The fourth-order valence-electron chi connectivity index (χ4n) is 4.53. The summed E-state index contributed by atoms with van der Waals surface area (Å²) in [5.74, 6) is 1.97. The average molecular weight is 441 g/mol. The Morgan fingerprint density at radius 1 is 1.22 bits per heavy atom. The molecule has 1 atom stereocenters. The summed E-state index contributed by atoms with van der Waals surface area (Å²) < 4.78 is 22.5. The molecule has 8 nitrogen and oxygen atoms in total. The first-order chi connectivity index (χ1) is 15.4. The van der Waals surface area contributed by atoms with Gasteiger partial charge >= 0.3 is 0 Å². The molecule has 0 spiro atoms. The van der Waals surface area contributed by atoms with Crippen molar-refractivity contribution in [3.05, 3.63) is 29.8 Å². The second-order valence-corrected chi connectivity index (χ2v) is 8.37. The van der Waals surface area contributed by atoms with Crippen molar-refractivity contribution in [1.29, 1.82) is 0 Å². The minimum atomic E-state index is -0.154. The van der Waals surface area contributed by atoms with Crippen LogP contribution >= 0.6 is 0 Å². The van der Waals surface area contributed by atoms with E-state index in [2.05, 4.69) is 15.0 Å². The van der Waals surface area contributed by atoms with E-state index in [1.54, 1.807) is 20.4 Å². The molecule has 0 amide bonds. The molecule has 4 rings (SSSR count). The lowest BCUT2D eigenvalue weighted by Crippen LogP contribution is -2.40. The highest BCUT2D eigenvalue weighted by Gasteiger charge is 2.26. The number of aryl methyl sites for hydroxylation is 2. The van der Waals surface area contributed by atoms with E-state index < -0.39 is 0 Å². The second-order valence-electron chi connectivity index (χ2n) is 8.37. The SMILES string of the molecule is COc1cc2c(N(CC3CCOCC3)C(C)OC)c(N)cnc2cc1-c1c(C)noc1C. The molecule has 0 aliphatic carbocycles. The molecule has 0 bridgehead atoms. The number of aromatic nitrogens is 2. The van der Waals surface area contributed by atoms with E-state index in [-0.39, 0.29) is 6.23 Å². The van der Waals surface area contributed by atoms with Crippen LogP contribution < -0.4 is 15.4 Å². The van der Waals surface area contributed by atoms with Gasteiger partial charge in [-0.3, -0.25) is 4.98 Å². The predicted octanol–water partition coefficient (Wildman–Crippen LogP) is 4.32. The fourth-order valence-corrected chi connectivity index (χ4v) is 4.53. The number of nitrogen functional groups attached to an aromatic ring is 1. The highest BCUT2D eigenvalue weighted by atomic mass is 16.5. The maximum absolute atomic E-state index is 6.51. The Morgan fingerprint density at radius 3 is 2.59 bits per heavy atom. The van der Waals surface area contributed by atoms with Crippen LogP contribution in [0.2, 0.25) is 0 Å². The largest absolute Gasteiger partial charge is 0.496 e. The van der Waals surface area contributed by atoms with Crippen LogP contribution in [0.4, 0.5) is 11.4 Å². The van der Waals surface area contributed by atoms with Gasteiger partial charge < -0.3 is 29.4 Å². The molecule has 1 aliphatic heterocycles. The molecule has 32 heavy (non-hydrogen) atoms. The van der Waals surface area contributed by atoms with Crippen molar-refractivity contribution in [2.45, 2.75) is 39.8 Å². The van der Waals surface area contributed by atoms with Crippen LogP contribution in [0.1, 0.15) is 31.2 Å². The molecular weight excluding hydrogens is 408 g/mol. The summed E-state index contributed by atoms with van der Waals surface area (Å²) in [4.78, 5) is 6.88. The first-order valence-corrected chi connectivity index (χ1v) is 11.0. The molecule has 2 aromatic heterocycles. The molecule has 1 unspecified atom stereocenters. The van der Waals surface area contributed by atoms with Crippen LogP contribution in [-0.4, -0.2) is 50.3 Å². The van der Waals surface area contributed by atoms with Crippen LogP contribution in [0.15, 0.2) is 22.9 Å². The molecule has 2 N–H and O–H groups in total. The van der Waals surface area contributed by atoms with Crippen molar-refractivity contribution in [3.63, 3.8) is 0 Å². The van der Waals surface area contributed by atoms with Crippen molar-refractivity contribution in [1.82, 2.24) is 10.1 Å². The number of anilines is 2. The zero-order valence-electron chi connectivity index (χ0n) is 19.5. The van der Waals surface area contributed by atoms with E-state index in [9.17, 15) is 0 Å². The summed E-state index contributed by atoms with van der Waals surface area (Å²) in [5.41, 5.74) is 11.5. The first-order valence-electron chi connectivity index (χ1n) is 11.0. The van der Waals surface area contributed by atoms with Gasteiger partial charge in [-0.25, -0.2) is 0 Å². The Labute approximate surface area is 188 Å². The number of methoxy groups -OCH3 is 2. The van der Waals surface area contributed by atoms with Gasteiger partial charge in [0.2, 0.25) is 0 Å². The molecule has 1 saturated heterocycles. The number of rotatable bonds is 7. The molecule has 1 fully saturated rings. The highest BCUT2D eigenvalue weighted by molar-refractivity contribution is 6.01. The highest BCUT2D eigenvalue weighted by Crippen LogP contribution is 2.42. The van der Waals surface area contributed by atoms with E-state index in [0.29, 0.717) is 11.6 Å². The van der Waals surface area contributed by atoms with E-state index in [4.69, 9.17) is 24.5 Å². The lowest BCUT2D eigenvalue weighted by molar-refractivity contribution is 0.0601. The zero-order chi connectivity index (χ0) is 22.8. The molecule has 0 saturated carbocycles. The van der Waals surface area contributed by atoms with Crippen LogP contribution in [0, 0.1) is 19.8 Å². The topological polar surface area (TPSA) is 95.9 Å². The Bertz CT molecular complexity index is 1070. The number of pyridine rings is 1. The zero-order valence-corrected chi connectivity index (χ0v) is 19.5. The molecule has 0 radical (unpaired) electrons. The Kier molecular flexibility index (Phi) is 6.53. The molecule has 172 valence electrons. The van der Waals surface area contributed by atoms with Crippen LogP contribution in [0.5, 0.6) is 5.75 Å². The number of hydrogen-bond donors (Lipinski definition) is 1. The monoisotopic (exact) mass is 440 g/mol. The van der Waals surface area contributed by atoms with Gasteiger partial charge in [0.1, 0.15) is 17.7 Å². The van der Waals surface area contributed by atoms with E-state index in [0.717, 1.165) is 77.5 Å². The Morgan fingerprint density at radius 2 is 1.97 bits per heavy atom. The van der Waals surface area contributed by atoms with Gasteiger partial charge in [-0.15, -0.1) is 0 Å². The van der Waals surface area contributed by atoms with Gasteiger partial charge in [-0.05, 0) is 51.7 Å². The van der Waals surface area contributed by atoms with Gasteiger partial charge in [0.25, 0.3) is 0 Å². The summed E-state index contributed by atoms with van der Waals surface area (Å²) in [6, 6.07) is 4.03. The summed E-state index contributed by atoms with van der Waals surface area (Å²) in [5, 5.41) is 5.03. The standard InChI is InChI=1S/C24H32N4O4/c1-14-23(15(2)32-27-14)19-10-21-18(11-22(19)30-5)24(20(25)12-26-21)28(16(3)29-4)13-17-6-8-31-9-7-17/h10-12,16-17H,6-9,13,25H2,1-5H3. The van der Waals surface area contributed by atoms with Gasteiger partial charge in [0.05, 0.1) is 41.5 Å². The van der Waals surface area contributed by atoms with Crippen molar-refractivity contribution >= 4 is 22.3 Å². The number of nitrogens with zero attached hydrogens (tertiary/aromatic N) is 3. The van der Waals surface area contributed by atoms with Crippen LogP contribution in [-0.2, 0) is 9.47 Å². The lowest BCUT2D eigenvalue weighted by Gasteiger charge is -2.36. The number of fused-ring (bicyclic) bond motifs is 1. The Hall–Kier alpha value is -2.84. The van der Waals surface area contributed by atoms with Crippen molar-refractivity contribution in [2.24, 2.45) is 5.92 Å². The van der Waals surface area contributed by atoms with E-state index in [1.165, 1.54) is 0 Å². The van der Waals surface area contributed by atoms with Gasteiger partial charge in [-0.1, -0.05) is 5.16 Å². The third-order valence-corrected chi connectivity index (χ3v) is 6.35. The molecule has 1 aliphatic rings. The summed E-state index contributed by atoms with van der Waals surface area (Å²) in [7, 11) is 3.39. The molecule has 3 aromatic rings. The minimum Gasteiger partial charge on any atom is -0.496 e. The number of nitrogens with two attached hydrogens (primary N) is 1. The van der Waals surface area contributed by atoms with Crippen LogP contribution in [0.3, 0.4) is 0 Å². The van der Waals surface area contributed by atoms with Gasteiger partial charge in [0.15, 0.2) is 0 Å². The maximum atomic E-state index is 6.51. The number of benzene rings is 1. The Balaban J connectivity index is 1.87. The van der Waals surface area contributed by atoms with Crippen molar-refractivity contribution in [2.75, 3.05) is 44.6 Å². The molecule has 3 heterocycles. The van der Waals surface area contributed by atoms with E-state index in [1.807, 2.05) is 32.9 Å². The predicted molar refractivity (Wildman–Crippen MR) is 125 cm³/mol. The molecule has 1 aromatic carbocycles. The summed E-state index contributed by atoms with van der Waals surface area (Å²) in [6.45, 7) is 8.28. The average Bonchev–Trinajstić information content (AvgIpc) is 3.14. The summed E-state index contributed by atoms with van der Waals surface area (Å²) >= 11 is 0. The maximum Gasteiger partial charge on any atom is 0.141 e. The third-order valence-electron chi connectivity index (χ3n) is 6.35. The van der Waals surface area contributed by atoms with Crippen molar-refractivity contribution in [3.8, 4) is 16.9 Å². The molecular formula is C24H32N4O4. The van der Waals surface area contributed by atoms with E-state index >= 15 is 0 Å². The van der Waals surface area contributed by atoms with Crippen molar-refractivity contribution < 1.29 is 18.7 Å². The quantitative estimate of drug-likeness (QED) is 0.543. The smallest absolute Gasteiger partial charge is 0.141 e. The second kappa shape index (κ2) is 9.34. The third kappa shape index (κ3) is 4.12. The lowest BCUT2D eigenvalue weighted by atomic mass is 9.97. The molecule has 8 heteroatoms. The summed E-state index contributed by atoms with van der Waals surface area (Å²) in [6.07, 6.45) is 3.62. The first kappa shape index (κ1) is 22.4. The number of hydrogen-bond acceptors (Lipinski definition) is 8. The van der Waals surface area contributed by atoms with Crippen LogP contribution in [0.25, 0.3) is 22.0 Å². The van der Waals surface area contributed by atoms with Gasteiger partial charge in [0, 0.05) is 37.8 Å². The van der Waals surface area contributed by atoms with Gasteiger partial charge in [-0.2, -0.15) is 0 Å².